The molecule has 0 atom stereocenters. The first-order chi connectivity index (χ1) is 6.79. The lowest BCUT2D eigenvalue weighted by Crippen LogP contribution is -2.30. The van der Waals surface area contributed by atoms with Crippen molar-refractivity contribution in [2.75, 3.05) is 0 Å². The summed E-state index contributed by atoms with van der Waals surface area (Å²) in [4.78, 5) is 11.0. The molecule has 1 rings (SSSR count). The van der Waals surface area contributed by atoms with E-state index in [1.807, 2.05) is 19.6 Å². The topological polar surface area (TPSA) is 46.5 Å². The van der Waals surface area contributed by atoms with Crippen molar-refractivity contribution < 1.29 is 14.3 Å². The van der Waals surface area contributed by atoms with Gasteiger partial charge in [-0.3, -0.25) is 0 Å². The lowest BCUT2D eigenvalue weighted by molar-refractivity contribution is 0.0694. The van der Waals surface area contributed by atoms with Gasteiger partial charge in [0.05, 0.1) is 0 Å². The number of hydrogen-bond donors (Lipinski definition) is 1. The molecule has 82 valence electrons. The van der Waals surface area contributed by atoms with E-state index >= 15 is 0 Å². The SMILES string of the molecule is C[Si](C)(C)Oc1ccc(Br)cc1C(=O)O. The standard InChI is InChI=1S/C10H13BrO3Si/c1-15(2,3)14-9-5-4-7(11)6-8(9)10(12)13/h4-6H,1-3H3,(H,12,13). The van der Waals surface area contributed by atoms with Gasteiger partial charge >= 0.3 is 5.97 Å². The van der Waals surface area contributed by atoms with Crippen molar-refractivity contribution >= 4 is 30.2 Å². The van der Waals surface area contributed by atoms with Crippen molar-refractivity contribution in [3.63, 3.8) is 0 Å². The fraction of sp³-hybridized carbons (Fsp3) is 0.300. The van der Waals surface area contributed by atoms with E-state index in [2.05, 4.69) is 15.9 Å². The summed E-state index contributed by atoms with van der Waals surface area (Å²) < 4.78 is 6.43. The van der Waals surface area contributed by atoms with Gasteiger partial charge in [-0.25, -0.2) is 4.79 Å². The zero-order valence-corrected chi connectivity index (χ0v) is 11.5. The van der Waals surface area contributed by atoms with Crippen molar-refractivity contribution in [3.8, 4) is 5.75 Å². The molecule has 0 aliphatic carbocycles. The molecule has 1 aromatic carbocycles. The first kappa shape index (κ1) is 12.3. The minimum Gasteiger partial charge on any atom is -0.544 e. The lowest BCUT2D eigenvalue weighted by Gasteiger charge is -2.20. The zero-order chi connectivity index (χ0) is 11.6. The largest absolute Gasteiger partial charge is 0.544 e. The molecule has 15 heavy (non-hydrogen) atoms. The van der Waals surface area contributed by atoms with Gasteiger partial charge < -0.3 is 9.53 Å². The Morgan fingerprint density at radius 2 is 2.00 bits per heavy atom. The van der Waals surface area contributed by atoms with Crippen LogP contribution in [0.1, 0.15) is 10.4 Å². The highest BCUT2D eigenvalue weighted by molar-refractivity contribution is 9.10. The Morgan fingerprint density at radius 3 is 2.47 bits per heavy atom. The third-order valence-electron chi connectivity index (χ3n) is 1.59. The van der Waals surface area contributed by atoms with E-state index in [1.54, 1.807) is 18.2 Å². The Kier molecular flexibility index (Phi) is 3.57. The molecule has 0 unspecified atom stereocenters. The van der Waals surface area contributed by atoms with E-state index in [4.69, 9.17) is 9.53 Å². The highest BCUT2D eigenvalue weighted by Gasteiger charge is 2.20. The molecule has 0 radical (unpaired) electrons. The van der Waals surface area contributed by atoms with Crippen LogP contribution in [0.5, 0.6) is 5.75 Å². The van der Waals surface area contributed by atoms with Gasteiger partial charge in [-0.1, -0.05) is 15.9 Å². The molecule has 0 aliphatic heterocycles. The molecule has 0 aromatic heterocycles. The minimum absolute atomic E-state index is 0.201. The summed E-state index contributed by atoms with van der Waals surface area (Å²) in [6, 6.07) is 5.02. The van der Waals surface area contributed by atoms with E-state index in [0.29, 0.717) is 5.75 Å². The molecular formula is C10H13BrO3Si. The maximum atomic E-state index is 11.0. The van der Waals surface area contributed by atoms with Crippen LogP contribution in [0.4, 0.5) is 0 Å². The van der Waals surface area contributed by atoms with Gasteiger partial charge in [-0.2, -0.15) is 0 Å². The molecule has 0 spiro atoms. The molecule has 1 aromatic rings. The molecule has 0 heterocycles. The van der Waals surface area contributed by atoms with Gasteiger partial charge in [0.1, 0.15) is 11.3 Å². The second-order valence-electron chi connectivity index (χ2n) is 4.16. The third-order valence-corrected chi connectivity index (χ3v) is 2.91. The van der Waals surface area contributed by atoms with Gasteiger partial charge in [0.15, 0.2) is 0 Å². The molecule has 3 nitrogen and oxygen atoms in total. The second kappa shape index (κ2) is 4.36. The number of carboxylic acid groups (broad SMARTS) is 1. The van der Waals surface area contributed by atoms with Crippen molar-refractivity contribution in [2.45, 2.75) is 19.6 Å². The van der Waals surface area contributed by atoms with Crippen LogP contribution in [-0.2, 0) is 0 Å². The quantitative estimate of drug-likeness (QED) is 0.868. The van der Waals surface area contributed by atoms with E-state index < -0.39 is 14.3 Å². The average Bonchev–Trinajstić information content (AvgIpc) is 2.05. The van der Waals surface area contributed by atoms with E-state index in [1.165, 1.54) is 0 Å². The molecule has 0 bridgehead atoms. The number of hydrogen-bond acceptors (Lipinski definition) is 2. The van der Waals surface area contributed by atoms with Crippen LogP contribution >= 0.6 is 15.9 Å². The van der Waals surface area contributed by atoms with Crippen LogP contribution in [0, 0.1) is 0 Å². The second-order valence-corrected chi connectivity index (χ2v) is 9.50. The summed E-state index contributed by atoms with van der Waals surface area (Å²) in [5.74, 6) is -0.519. The van der Waals surface area contributed by atoms with Crippen LogP contribution in [0.25, 0.3) is 0 Å². The third kappa shape index (κ3) is 3.68. The molecule has 0 fully saturated rings. The Hall–Kier alpha value is -0.813. The number of aromatic carboxylic acids is 1. The van der Waals surface area contributed by atoms with E-state index in [-0.39, 0.29) is 5.56 Å². The lowest BCUT2D eigenvalue weighted by atomic mass is 10.2. The van der Waals surface area contributed by atoms with Crippen LogP contribution in [0.15, 0.2) is 22.7 Å². The number of benzene rings is 1. The van der Waals surface area contributed by atoms with Crippen molar-refractivity contribution in [1.82, 2.24) is 0 Å². The maximum absolute atomic E-state index is 11.0. The summed E-state index contributed by atoms with van der Waals surface area (Å²) in [5.41, 5.74) is 0.201. The minimum atomic E-state index is -1.77. The predicted octanol–water partition coefficient (Wildman–Crippen LogP) is 3.36. The van der Waals surface area contributed by atoms with Gasteiger partial charge in [0.25, 0.3) is 0 Å². The van der Waals surface area contributed by atoms with Gasteiger partial charge in [-0.05, 0) is 37.8 Å². The molecule has 0 amide bonds. The average molecular weight is 289 g/mol. The molecule has 0 aliphatic rings. The van der Waals surface area contributed by atoms with E-state index in [9.17, 15) is 4.79 Å². The molecule has 0 saturated carbocycles. The fourth-order valence-corrected chi connectivity index (χ4v) is 2.29. The highest BCUT2D eigenvalue weighted by Crippen LogP contribution is 2.25. The molecule has 5 heteroatoms. The van der Waals surface area contributed by atoms with E-state index in [0.717, 1.165) is 4.47 Å². The summed E-state index contributed by atoms with van der Waals surface area (Å²) in [6.07, 6.45) is 0. The number of rotatable bonds is 3. The number of carbonyl (C=O) groups is 1. The molecular weight excluding hydrogens is 276 g/mol. The van der Waals surface area contributed by atoms with Crippen LogP contribution in [0.2, 0.25) is 19.6 Å². The van der Waals surface area contributed by atoms with Crippen LogP contribution in [-0.4, -0.2) is 19.4 Å². The number of halogens is 1. The zero-order valence-electron chi connectivity index (χ0n) is 8.87. The van der Waals surface area contributed by atoms with Crippen molar-refractivity contribution in [2.24, 2.45) is 0 Å². The number of carboxylic acids is 1. The summed E-state index contributed by atoms with van der Waals surface area (Å²) in [7, 11) is -1.77. The maximum Gasteiger partial charge on any atom is 0.339 e. The van der Waals surface area contributed by atoms with Crippen molar-refractivity contribution in [3.05, 3.63) is 28.2 Å². The van der Waals surface area contributed by atoms with Gasteiger partial charge in [0.2, 0.25) is 8.32 Å². The summed E-state index contributed by atoms with van der Waals surface area (Å²) >= 11 is 3.24. The summed E-state index contributed by atoms with van der Waals surface area (Å²) in [6.45, 7) is 6.04. The fourth-order valence-electron chi connectivity index (χ4n) is 1.09. The van der Waals surface area contributed by atoms with Crippen molar-refractivity contribution in [1.29, 1.82) is 0 Å². The normalized spacial score (nSPS) is 11.2. The Bertz CT molecular complexity index is 385. The monoisotopic (exact) mass is 288 g/mol. The Morgan fingerprint density at radius 1 is 1.40 bits per heavy atom. The Balaban J connectivity index is 3.12. The first-order valence-corrected chi connectivity index (χ1v) is 8.71. The molecule has 0 saturated heterocycles. The first-order valence-electron chi connectivity index (χ1n) is 4.51. The Labute approximate surface area is 98.3 Å². The van der Waals surface area contributed by atoms with Crippen LogP contribution < -0.4 is 4.43 Å². The smallest absolute Gasteiger partial charge is 0.339 e. The predicted molar refractivity (Wildman–Crippen MR) is 65.1 cm³/mol. The van der Waals surface area contributed by atoms with Crippen LogP contribution in [0.3, 0.4) is 0 Å². The summed E-state index contributed by atoms with van der Waals surface area (Å²) in [5, 5.41) is 9.00. The van der Waals surface area contributed by atoms with Gasteiger partial charge in [0, 0.05) is 4.47 Å². The van der Waals surface area contributed by atoms with Gasteiger partial charge in [-0.15, -0.1) is 0 Å². The molecule has 1 N–H and O–H groups in total. The highest BCUT2D eigenvalue weighted by atomic mass is 79.9.